The van der Waals surface area contributed by atoms with E-state index in [9.17, 15) is 19.2 Å². The molecule has 1 saturated carbocycles. The van der Waals surface area contributed by atoms with Gasteiger partial charge in [-0.2, -0.15) is 0 Å². The van der Waals surface area contributed by atoms with Crippen molar-refractivity contribution in [1.29, 1.82) is 0 Å². The minimum atomic E-state index is -0.980. The standard InChI is InChI=1S/C29H33N3O4/c1-5-23(32-26(35)19-10-6-7-11-20(19)27(32)36)24(33)30-22-13-9-8-12-21(22)25(34)31-17-29(4)15-18(31)14-28(2,3)16-29/h6-13,18,23H,5,14-17H2,1-4H3,(H,30,33)/t18-,23+,29-/m0/s1. The number of likely N-dealkylation sites (tertiary alicyclic amines) is 1. The van der Waals surface area contributed by atoms with E-state index in [-0.39, 0.29) is 29.2 Å². The highest BCUT2D eigenvalue weighted by Crippen LogP contribution is 2.52. The summed E-state index contributed by atoms with van der Waals surface area (Å²) in [6, 6.07) is 12.8. The largest absolute Gasteiger partial charge is 0.335 e. The molecule has 188 valence electrons. The zero-order chi connectivity index (χ0) is 25.8. The van der Waals surface area contributed by atoms with Crippen LogP contribution in [-0.2, 0) is 4.79 Å². The molecule has 0 spiro atoms. The fourth-order valence-electron chi connectivity index (χ4n) is 6.82. The fraction of sp³-hybridized carbons (Fsp3) is 0.448. The summed E-state index contributed by atoms with van der Waals surface area (Å²) in [5, 5.41) is 2.86. The van der Waals surface area contributed by atoms with Crippen molar-refractivity contribution in [2.75, 3.05) is 11.9 Å². The van der Waals surface area contributed by atoms with Gasteiger partial charge in [-0.05, 0) is 60.8 Å². The summed E-state index contributed by atoms with van der Waals surface area (Å²) in [4.78, 5) is 56.1. The topological polar surface area (TPSA) is 86.8 Å². The maximum absolute atomic E-state index is 13.7. The van der Waals surface area contributed by atoms with E-state index in [2.05, 4.69) is 26.1 Å². The Balaban J connectivity index is 1.38. The Morgan fingerprint density at radius 1 is 0.972 bits per heavy atom. The van der Waals surface area contributed by atoms with Crippen LogP contribution in [0.1, 0.15) is 84.5 Å². The summed E-state index contributed by atoms with van der Waals surface area (Å²) in [7, 11) is 0. The lowest BCUT2D eigenvalue weighted by Gasteiger charge is -2.39. The van der Waals surface area contributed by atoms with E-state index < -0.39 is 23.8 Å². The molecule has 1 saturated heterocycles. The molecule has 0 radical (unpaired) electrons. The minimum absolute atomic E-state index is 0.0916. The van der Waals surface area contributed by atoms with Crippen molar-refractivity contribution in [1.82, 2.24) is 9.80 Å². The maximum atomic E-state index is 13.7. The Morgan fingerprint density at radius 2 is 1.58 bits per heavy atom. The summed E-state index contributed by atoms with van der Waals surface area (Å²) >= 11 is 0. The summed E-state index contributed by atoms with van der Waals surface area (Å²) in [5.41, 5.74) is 1.72. The molecule has 0 unspecified atom stereocenters. The van der Waals surface area contributed by atoms with Gasteiger partial charge in [0.15, 0.2) is 0 Å². The maximum Gasteiger partial charge on any atom is 0.262 e. The highest BCUT2D eigenvalue weighted by molar-refractivity contribution is 6.23. The van der Waals surface area contributed by atoms with Crippen molar-refractivity contribution < 1.29 is 19.2 Å². The minimum Gasteiger partial charge on any atom is -0.335 e. The molecule has 1 aliphatic carbocycles. The molecule has 7 nitrogen and oxygen atoms in total. The van der Waals surface area contributed by atoms with E-state index in [0.717, 1.165) is 24.2 Å². The molecule has 2 fully saturated rings. The normalized spacial score (nSPS) is 25.1. The Labute approximate surface area is 211 Å². The van der Waals surface area contributed by atoms with Gasteiger partial charge >= 0.3 is 0 Å². The molecule has 2 aliphatic heterocycles. The molecule has 7 heteroatoms. The molecule has 5 rings (SSSR count). The van der Waals surface area contributed by atoms with E-state index in [1.54, 1.807) is 55.5 Å². The van der Waals surface area contributed by atoms with Gasteiger partial charge in [-0.15, -0.1) is 0 Å². The zero-order valence-electron chi connectivity index (χ0n) is 21.3. The molecular formula is C29H33N3O4. The number of para-hydroxylation sites is 1. The number of rotatable bonds is 5. The van der Waals surface area contributed by atoms with Gasteiger partial charge in [0.25, 0.3) is 17.7 Å². The number of nitrogens with zero attached hydrogens (tertiary/aromatic N) is 2. The summed E-state index contributed by atoms with van der Waals surface area (Å²) in [6.45, 7) is 9.26. The Morgan fingerprint density at radius 3 is 2.22 bits per heavy atom. The molecule has 2 heterocycles. The first kappa shape index (κ1) is 24.2. The van der Waals surface area contributed by atoms with Crippen LogP contribution in [0.2, 0.25) is 0 Å². The van der Waals surface area contributed by atoms with Gasteiger partial charge in [0, 0.05) is 12.6 Å². The van der Waals surface area contributed by atoms with Crippen LogP contribution < -0.4 is 5.32 Å². The van der Waals surface area contributed by atoms with Gasteiger partial charge in [0.1, 0.15) is 6.04 Å². The molecule has 2 aromatic rings. The van der Waals surface area contributed by atoms with Crippen LogP contribution in [0.15, 0.2) is 48.5 Å². The molecule has 2 aromatic carbocycles. The average Bonchev–Trinajstić information content (AvgIpc) is 3.23. The van der Waals surface area contributed by atoms with E-state index >= 15 is 0 Å². The van der Waals surface area contributed by atoms with Crippen LogP contribution in [-0.4, -0.2) is 52.1 Å². The van der Waals surface area contributed by atoms with Crippen molar-refractivity contribution >= 4 is 29.3 Å². The second kappa shape index (κ2) is 8.57. The monoisotopic (exact) mass is 487 g/mol. The second-order valence-corrected chi connectivity index (χ2v) is 11.6. The lowest BCUT2D eigenvalue weighted by Crippen LogP contribution is -2.47. The van der Waals surface area contributed by atoms with Crippen molar-refractivity contribution in [3.8, 4) is 0 Å². The highest BCUT2D eigenvalue weighted by Gasteiger charge is 2.51. The van der Waals surface area contributed by atoms with Crippen molar-refractivity contribution in [2.45, 2.75) is 65.5 Å². The summed E-state index contributed by atoms with van der Waals surface area (Å²) in [5.74, 6) is -1.52. The Bertz CT molecular complexity index is 1230. The third-order valence-electron chi connectivity index (χ3n) is 7.92. The number of carbonyl (C=O) groups excluding carboxylic acids is 4. The highest BCUT2D eigenvalue weighted by atomic mass is 16.2. The summed E-state index contributed by atoms with van der Waals surface area (Å²) in [6.07, 6.45) is 3.29. The van der Waals surface area contributed by atoms with Crippen LogP contribution in [0, 0.1) is 10.8 Å². The van der Waals surface area contributed by atoms with E-state index in [0.29, 0.717) is 28.9 Å². The van der Waals surface area contributed by atoms with Crippen LogP contribution in [0.5, 0.6) is 0 Å². The number of amides is 4. The number of anilines is 1. The van der Waals surface area contributed by atoms with Gasteiger partial charge in [0.2, 0.25) is 5.91 Å². The lowest BCUT2D eigenvalue weighted by molar-refractivity contribution is -0.120. The van der Waals surface area contributed by atoms with Crippen LogP contribution in [0.4, 0.5) is 5.69 Å². The summed E-state index contributed by atoms with van der Waals surface area (Å²) < 4.78 is 0. The lowest BCUT2D eigenvalue weighted by atomic mass is 9.65. The fourth-order valence-corrected chi connectivity index (χ4v) is 6.82. The second-order valence-electron chi connectivity index (χ2n) is 11.6. The Hall–Kier alpha value is -3.48. The molecule has 4 amide bonds. The molecule has 1 N–H and O–H groups in total. The van der Waals surface area contributed by atoms with E-state index in [1.807, 2.05) is 4.90 Å². The quantitative estimate of drug-likeness (QED) is 0.617. The number of nitrogens with one attached hydrogen (secondary N) is 1. The number of carbonyl (C=O) groups is 4. The smallest absolute Gasteiger partial charge is 0.262 e. The number of benzene rings is 2. The van der Waals surface area contributed by atoms with Gasteiger partial charge in [-0.3, -0.25) is 24.1 Å². The molecule has 0 aromatic heterocycles. The van der Waals surface area contributed by atoms with Crippen LogP contribution in [0.25, 0.3) is 0 Å². The average molecular weight is 488 g/mol. The number of hydrogen-bond acceptors (Lipinski definition) is 4. The van der Waals surface area contributed by atoms with E-state index in [4.69, 9.17) is 0 Å². The zero-order valence-corrected chi connectivity index (χ0v) is 21.3. The van der Waals surface area contributed by atoms with Gasteiger partial charge in [-0.1, -0.05) is 52.0 Å². The SMILES string of the molecule is CC[C@H](C(=O)Nc1ccccc1C(=O)N1C[C@@]2(C)C[C@@H]1CC(C)(C)C2)N1C(=O)c2ccccc2C1=O. The number of hydrogen-bond donors (Lipinski definition) is 1. The Kier molecular flexibility index (Phi) is 5.77. The first-order chi connectivity index (χ1) is 17.0. The number of fused-ring (bicyclic) bond motifs is 3. The molecule has 3 atom stereocenters. The first-order valence-corrected chi connectivity index (χ1v) is 12.7. The van der Waals surface area contributed by atoms with Gasteiger partial charge in [0.05, 0.1) is 22.4 Å². The van der Waals surface area contributed by atoms with Gasteiger partial charge < -0.3 is 10.2 Å². The van der Waals surface area contributed by atoms with Crippen molar-refractivity contribution in [2.24, 2.45) is 10.8 Å². The molecule has 2 bridgehead atoms. The molecule has 3 aliphatic rings. The molecule has 36 heavy (non-hydrogen) atoms. The van der Waals surface area contributed by atoms with Crippen LogP contribution in [0.3, 0.4) is 0 Å². The van der Waals surface area contributed by atoms with Gasteiger partial charge in [-0.25, -0.2) is 0 Å². The van der Waals surface area contributed by atoms with Crippen molar-refractivity contribution in [3.63, 3.8) is 0 Å². The van der Waals surface area contributed by atoms with Crippen molar-refractivity contribution in [3.05, 3.63) is 65.2 Å². The number of imide groups is 1. The predicted octanol–water partition coefficient (Wildman–Crippen LogP) is 4.74. The molecular weight excluding hydrogens is 454 g/mol. The third-order valence-corrected chi connectivity index (χ3v) is 7.92. The predicted molar refractivity (Wildman–Crippen MR) is 137 cm³/mol. The van der Waals surface area contributed by atoms with Crippen LogP contribution >= 0.6 is 0 Å². The first-order valence-electron chi connectivity index (χ1n) is 12.7. The van der Waals surface area contributed by atoms with E-state index in [1.165, 1.54) is 0 Å². The third kappa shape index (κ3) is 4.00.